The molecule has 0 aliphatic carbocycles. The summed E-state index contributed by atoms with van der Waals surface area (Å²) in [6.45, 7) is 16.0. The van der Waals surface area contributed by atoms with E-state index >= 15 is 0 Å². The second-order valence-corrected chi connectivity index (χ2v) is 16.2. The summed E-state index contributed by atoms with van der Waals surface area (Å²) in [4.78, 5) is 23.3. The number of halogens is 3. The van der Waals surface area contributed by atoms with E-state index in [0.29, 0.717) is 22.2 Å². The van der Waals surface area contributed by atoms with Crippen molar-refractivity contribution in [1.29, 1.82) is 0 Å². The Morgan fingerprint density at radius 1 is 1.08 bits per heavy atom. The van der Waals surface area contributed by atoms with Crippen molar-refractivity contribution in [3.05, 3.63) is 57.8 Å². The van der Waals surface area contributed by atoms with Crippen LogP contribution in [0.25, 0.3) is 11.1 Å². The fraction of sp³-hybridized carbons (Fsp3) is 0.462. The van der Waals surface area contributed by atoms with Gasteiger partial charge in [-0.25, -0.2) is 9.97 Å². The quantitative estimate of drug-likeness (QED) is 0.182. The van der Waals surface area contributed by atoms with Crippen LogP contribution in [-0.4, -0.2) is 46.6 Å². The van der Waals surface area contributed by atoms with Crippen LogP contribution in [0.2, 0.25) is 34.0 Å². The molecule has 0 radical (unpaired) electrons. The molecular formula is C26H34Cl3N5O2Si. The molecule has 1 amide bonds. The molecule has 3 rings (SSSR count). The minimum atomic E-state index is -1.97. The number of anilines is 1. The average molecular weight is 583 g/mol. The van der Waals surface area contributed by atoms with Gasteiger partial charge in [0.15, 0.2) is 8.32 Å². The highest BCUT2D eigenvalue weighted by atomic mass is 35.5. The molecule has 0 fully saturated rings. The number of benzene rings is 1. The fourth-order valence-electron chi connectivity index (χ4n) is 3.79. The van der Waals surface area contributed by atoms with E-state index in [1.165, 1.54) is 6.33 Å². The Hall–Kier alpha value is -1.97. The SMILES string of the molecule is CC(C)Cn1cc(-c2ccc(N(C[C@@H](C)O[Si](C)(C)C(C)C)C(=O)c3c(Cl)ncnc3Cl)cc2Cl)cn1. The minimum Gasteiger partial charge on any atom is -0.413 e. The number of carbonyl (C=O) groups excluding carboxylic acids is 1. The summed E-state index contributed by atoms with van der Waals surface area (Å²) >= 11 is 19.3. The van der Waals surface area contributed by atoms with Crippen LogP contribution >= 0.6 is 34.8 Å². The first-order valence-electron chi connectivity index (χ1n) is 12.3. The number of hydrogen-bond acceptors (Lipinski definition) is 5. The summed E-state index contributed by atoms with van der Waals surface area (Å²) in [5.74, 6) is 0.0439. The first-order chi connectivity index (χ1) is 17.3. The topological polar surface area (TPSA) is 73.1 Å². The summed E-state index contributed by atoms with van der Waals surface area (Å²) in [5.41, 5.74) is 2.76. The molecule has 200 valence electrons. The number of nitrogens with zero attached hydrogens (tertiary/aromatic N) is 5. The van der Waals surface area contributed by atoms with Gasteiger partial charge in [-0.05, 0) is 43.6 Å². The second-order valence-electron chi connectivity index (χ2n) is 10.4. The van der Waals surface area contributed by atoms with Gasteiger partial charge in [0.25, 0.3) is 5.91 Å². The van der Waals surface area contributed by atoms with Gasteiger partial charge in [-0.15, -0.1) is 0 Å². The Labute approximate surface area is 235 Å². The van der Waals surface area contributed by atoms with E-state index in [-0.39, 0.29) is 28.5 Å². The van der Waals surface area contributed by atoms with Crippen LogP contribution in [0.3, 0.4) is 0 Å². The van der Waals surface area contributed by atoms with Gasteiger partial charge in [0.1, 0.15) is 22.2 Å². The van der Waals surface area contributed by atoms with E-state index < -0.39 is 14.2 Å². The molecular weight excluding hydrogens is 549 g/mol. The van der Waals surface area contributed by atoms with Crippen LogP contribution in [0.15, 0.2) is 36.9 Å². The number of hydrogen-bond donors (Lipinski definition) is 0. The molecule has 2 heterocycles. The predicted molar refractivity (Wildman–Crippen MR) is 154 cm³/mol. The molecule has 1 aromatic carbocycles. The summed E-state index contributed by atoms with van der Waals surface area (Å²) in [5, 5.41) is 4.91. The molecule has 2 aromatic heterocycles. The Balaban J connectivity index is 1.98. The molecule has 7 nitrogen and oxygen atoms in total. The Bertz CT molecular complexity index is 1230. The number of aromatic nitrogens is 4. The zero-order valence-corrected chi connectivity index (χ0v) is 25.6. The first-order valence-corrected chi connectivity index (χ1v) is 16.4. The lowest BCUT2D eigenvalue weighted by molar-refractivity contribution is 0.0970. The van der Waals surface area contributed by atoms with Gasteiger partial charge in [0, 0.05) is 29.6 Å². The number of amides is 1. The molecule has 0 N–H and O–H groups in total. The van der Waals surface area contributed by atoms with Gasteiger partial charge >= 0.3 is 0 Å². The van der Waals surface area contributed by atoms with Gasteiger partial charge in [-0.2, -0.15) is 5.10 Å². The van der Waals surface area contributed by atoms with Crippen LogP contribution in [-0.2, 0) is 11.0 Å². The standard InChI is InChI=1S/C26H34Cl3N5O2Si/c1-16(2)12-33-14-19(11-32-33)21-9-8-20(10-22(21)27)34(13-18(5)36-37(6,7)17(3)4)26(35)23-24(28)30-15-31-25(23)29/h8-11,14-18H,12-13H2,1-7H3/t18-/m1/s1. The van der Waals surface area contributed by atoms with Crippen molar-refractivity contribution in [2.45, 2.75) is 65.9 Å². The normalized spacial score (nSPS) is 12.9. The van der Waals surface area contributed by atoms with Crippen LogP contribution in [0, 0.1) is 5.92 Å². The van der Waals surface area contributed by atoms with Gasteiger partial charge in [0.05, 0.1) is 23.9 Å². The van der Waals surface area contributed by atoms with Gasteiger partial charge in [-0.3, -0.25) is 9.48 Å². The third kappa shape index (κ3) is 7.33. The van der Waals surface area contributed by atoms with Crippen molar-refractivity contribution in [3.8, 4) is 11.1 Å². The maximum atomic E-state index is 13.8. The number of rotatable bonds is 10. The van der Waals surface area contributed by atoms with Crippen molar-refractivity contribution >= 4 is 54.7 Å². The van der Waals surface area contributed by atoms with Gasteiger partial charge in [0.2, 0.25) is 0 Å². The van der Waals surface area contributed by atoms with E-state index in [9.17, 15) is 4.79 Å². The zero-order chi connectivity index (χ0) is 27.5. The van der Waals surface area contributed by atoms with Crippen molar-refractivity contribution in [3.63, 3.8) is 0 Å². The lowest BCUT2D eigenvalue weighted by Gasteiger charge is -2.34. The third-order valence-corrected chi connectivity index (χ3v) is 11.0. The van der Waals surface area contributed by atoms with Gasteiger partial charge in [-0.1, -0.05) is 68.6 Å². The van der Waals surface area contributed by atoms with Gasteiger partial charge < -0.3 is 9.33 Å². The van der Waals surface area contributed by atoms with Crippen LogP contribution in [0.1, 0.15) is 45.0 Å². The fourth-order valence-corrected chi connectivity index (χ4v) is 5.94. The summed E-state index contributed by atoms with van der Waals surface area (Å²) in [6, 6.07) is 5.50. The lowest BCUT2D eigenvalue weighted by atomic mass is 10.1. The largest absolute Gasteiger partial charge is 0.413 e. The first kappa shape index (κ1) is 29.6. The van der Waals surface area contributed by atoms with Crippen LogP contribution < -0.4 is 4.90 Å². The summed E-state index contributed by atoms with van der Waals surface area (Å²) in [7, 11) is -1.97. The number of carbonyl (C=O) groups is 1. The molecule has 0 saturated heterocycles. The molecule has 0 bridgehead atoms. The molecule has 0 aliphatic heterocycles. The van der Waals surface area contributed by atoms with Crippen molar-refractivity contribution in [2.24, 2.45) is 5.92 Å². The highest BCUT2D eigenvalue weighted by Crippen LogP contribution is 2.34. The highest BCUT2D eigenvalue weighted by molar-refractivity contribution is 6.72. The van der Waals surface area contributed by atoms with E-state index in [1.54, 1.807) is 17.2 Å². The van der Waals surface area contributed by atoms with Crippen molar-refractivity contribution < 1.29 is 9.22 Å². The second kappa shape index (κ2) is 12.3. The Kier molecular flexibility index (Phi) is 9.80. The van der Waals surface area contributed by atoms with Crippen LogP contribution in [0.5, 0.6) is 0 Å². The Morgan fingerprint density at radius 3 is 2.30 bits per heavy atom. The van der Waals surface area contributed by atoms with Crippen LogP contribution in [0.4, 0.5) is 5.69 Å². The zero-order valence-electron chi connectivity index (χ0n) is 22.3. The minimum absolute atomic E-state index is 0.0132. The maximum Gasteiger partial charge on any atom is 0.264 e. The predicted octanol–water partition coefficient (Wildman–Crippen LogP) is 7.62. The third-order valence-electron chi connectivity index (χ3n) is 6.31. The van der Waals surface area contributed by atoms with E-state index in [2.05, 4.69) is 55.9 Å². The molecule has 0 saturated carbocycles. The summed E-state index contributed by atoms with van der Waals surface area (Å²) < 4.78 is 8.36. The smallest absolute Gasteiger partial charge is 0.264 e. The van der Waals surface area contributed by atoms with E-state index in [4.69, 9.17) is 39.2 Å². The van der Waals surface area contributed by atoms with Crippen molar-refractivity contribution in [1.82, 2.24) is 19.7 Å². The van der Waals surface area contributed by atoms with E-state index in [1.807, 2.05) is 29.9 Å². The maximum absolute atomic E-state index is 13.8. The van der Waals surface area contributed by atoms with Crippen molar-refractivity contribution in [2.75, 3.05) is 11.4 Å². The molecule has 1 atom stereocenters. The van der Waals surface area contributed by atoms with E-state index in [0.717, 1.165) is 17.7 Å². The lowest BCUT2D eigenvalue weighted by Crippen LogP contribution is -2.44. The molecule has 3 aromatic rings. The molecule has 0 spiro atoms. The summed E-state index contributed by atoms with van der Waals surface area (Å²) in [6.07, 6.45) is 4.74. The molecule has 0 aliphatic rings. The molecule has 11 heteroatoms. The molecule has 37 heavy (non-hydrogen) atoms. The molecule has 0 unspecified atom stereocenters. The average Bonchev–Trinajstić information content (AvgIpc) is 3.24. The Morgan fingerprint density at radius 2 is 1.73 bits per heavy atom. The monoisotopic (exact) mass is 581 g/mol. The highest BCUT2D eigenvalue weighted by Gasteiger charge is 2.32.